The lowest BCUT2D eigenvalue weighted by molar-refractivity contribution is 0.0463. The van der Waals surface area contributed by atoms with Crippen LogP contribution in [0, 0.1) is 5.92 Å². The maximum atomic E-state index is 12.6. The zero-order valence-electron chi connectivity index (χ0n) is 15.0. The number of rotatable bonds is 6. The van der Waals surface area contributed by atoms with E-state index in [4.69, 9.17) is 21.1 Å². The van der Waals surface area contributed by atoms with E-state index in [9.17, 15) is 9.90 Å². The maximum absolute atomic E-state index is 12.6. The molecule has 0 bridgehead atoms. The lowest BCUT2D eigenvalue weighted by atomic mass is 9.88. The van der Waals surface area contributed by atoms with E-state index in [-0.39, 0.29) is 28.4 Å². The minimum Gasteiger partial charge on any atom is -0.467 e. The van der Waals surface area contributed by atoms with Crippen molar-refractivity contribution in [3.05, 3.63) is 41.0 Å². The second kappa shape index (κ2) is 9.01. The normalized spacial score (nSPS) is 15.8. The molecule has 1 aliphatic carbocycles. The Morgan fingerprint density at radius 2 is 2.07 bits per heavy atom. The predicted octanol–water partition coefficient (Wildman–Crippen LogP) is 3.56. The van der Waals surface area contributed by atoms with Crippen LogP contribution in [-0.2, 0) is 0 Å². The molecule has 27 heavy (non-hydrogen) atoms. The minimum atomic E-state index is -0.885. The van der Waals surface area contributed by atoms with Gasteiger partial charge in [0.25, 0.3) is 5.91 Å². The molecule has 144 valence electrons. The first-order valence-electron chi connectivity index (χ1n) is 8.90. The molecule has 1 fully saturated rings. The highest BCUT2D eigenvalue weighted by Gasteiger charge is 2.24. The van der Waals surface area contributed by atoms with Gasteiger partial charge >= 0.3 is 6.01 Å². The van der Waals surface area contributed by atoms with E-state index in [1.165, 1.54) is 25.8 Å². The van der Waals surface area contributed by atoms with Crippen molar-refractivity contribution in [1.29, 1.82) is 0 Å². The van der Waals surface area contributed by atoms with E-state index in [0.717, 1.165) is 25.7 Å². The number of hydrogen-bond donors (Lipinski definition) is 2. The van der Waals surface area contributed by atoms with Crippen LogP contribution >= 0.6 is 11.6 Å². The molecule has 0 aliphatic heterocycles. The second-order valence-electron chi connectivity index (χ2n) is 6.44. The molecule has 1 amide bonds. The van der Waals surface area contributed by atoms with E-state index in [2.05, 4.69) is 15.3 Å². The molecule has 0 spiro atoms. The SMILES string of the molecule is COc1nccc(Oc2ccc(Cl)c(C(=O)NC(O)C3CCCCC3)c2)n1. The third-order valence-corrected chi connectivity index (χ3v) is 4.90. The molecule has 1 saturated carbocycles. The van der Waals surface area contributed by atoms with Crippen molar-refractivity contribution in [2.45, 2.75) is 38.3 Å². The summed E-state index contributed by atoms with van der Waals surface area (Å²) < 4.78 is 10.6. The van der Waals surface area contributed by atoms with Crippen LogP contribution in [0.25, 0.3) is 0 Å². The number of benzene rings is 1. The number of nitrogens with one attached hydrogen (secondary N) is 1. The monoisotopic (exact) mass is 391 g/mol. The number of methoxy groups -OCH3 is 1. The van der Waals surface area contributed by atoms with Gasteiger partial charge in [-0.05, 0) is 31.0 Å². The molecule has 0 saturated heterocycles. The summed E-state index contributed by atoms with van der Waals surface area (Å²) in [6, 6.07) is 6.46. The molecule has 7 nitrogen and oxygen atoms in total. The number of carbonyl (C=O) groups is 1. The summed E-state index contributed by atoms with van der Waals surface area (Å²) >= 11 is 6.17. The molecule has 2 aromatic rings. The molecule has 1 heterocycles. The van der Waals surface area contributed by atoms with Crippen LogP contribution in [0.4, 0.5) is 0 Å². The maximum Gasteiger partial charge on any atom is 0.319 e. The zero-order chi connectivity index (χ0) is 19.2. The van der Waals surface area contributed by atoms with Gasteiger partial charge < -0.3 is 19.9 Å². The first kappa shape index (κ1) is 19.4. The molecule has 0 radical (unpaired) electrons. The van der Waals surface area contributed by atoms with Gasteiger partial charge in [-0.15, -0.1) is 0 Å². The molecular weight excluding hydrogens is 370 g/mol. The predicted molar refractivity (Wildman–Crippen MR) is 100 cm³/mol. The second-order valence-corrected chi connectivity index (χ2v) is 6.85. The minimum absolute atomic E-state index is 0.0781. The summed E-state index contributed by atoms with van der Waals surface area (Å²) in [5.41, 5.74) is 0.227. The molecule has 1 aromatic heterocycles. The third-order valence-electron chi connectivity index (χ3n) is 4.57. The Labute approximate surface area is 162 Å². The first-order chi connectivity index (χ1) is 13.1. The summed E-state index contributed by atoms with van der Waals surface area (Å²) in [4.78, 5) is 20.5. The van der Waals surface area contributed by atoms with Crippen LogP contribution in [0.1, 0.15) is 42.5 Å². The molecule has 2 N–H and O–H groups in total. The molecule has 1 aliphatic rings. The third kappa shape index (κ3) is 5.08. The number of hydrogen-bond acceptors (Lipinski definition) is 6. The standard InChI is InChI=1S/C19H22ClN3O4/c1-26-19-21-10-9-16(22-19)27-13-7-8-15(20)14(11-13)18(25)23-17(24)12-5-3-2-4-6-12/h7-12,17,24H,2-6H2,1H3,(H,23,25). The number of carbonyl (C=O) groups excluding carboxylic acids is 1. The lowest BCUT2D eigenvalue weighted by Crippen LogP contribution is -2.41. The van der Waals surface area contributed by atoms with Gasteiger partial charge in [0, 0.05) is 18.2 Å². The number of nitrogens with zero attached hydrogens (tertiary/aromatic N) is 2. The number of aliphatic hydroxyl groups excluding tert-OH is 1. The highest BCUT2D eigenvalue weighted by molar-refractivity contribution is 6.33. The van der Waals surface area contributed by atoms with E-state index in [1.54, 1.807) is 18.2 Å². The van der Waals surface area contributed by atoms with Crippen LogP contribution < -0.4 is 14.8 Å². The molecular formula is C19H22ClN3O4. The van der Waals surface area contributed by atoms with Crippen LogP contribution in [-0.4, -0.2) is 34.3 Å². The fraction of sp³-hybridized carbons (Fsp3) is 0.421. The summed E-state index contributed by atoms with van der Waals surface area (Å²) in [5, 5.41) is 13.2. The van der Waals surface area contributed by atoms with Crippen molar-refractivity contribution in [3.8, 4) is 17.6 Å². The van der Waals surface area contributed by atoms with Gasteiger partial charge in [0.05, 0.1) is 17.7 Å². The largest absolute Gasteiger partial charge is 0.467 e. The van der Waals surface area contributed by atoms with Gasteiger partial charge in [0.15, 0.2) is 0 Å². The fourth-order valence-electron chi connectivity index (χ4n) is 3.12. The molecule has 8 heteroatoms. The van der Waals surface area contributed by atoms with E-state index < -0.39 is 12.1 Å². The van der Waals surface area contributed by atoms with Crippen molar-refractivity contribution < 1.29 is 19.4 Å². The summed E-state index contributed by atoms with van der Waals surface area (Å²) in [6.45, 7) is 0. The molecule has 1 aromatic carbocycles. The zero-order valence-corrected chi connectivity index (χ0v) is 15.8. The highest BCUT2D eigenvalue weighted by Crippen LogP contribution is 2.28. The molecule has 1 unspecified atom stereocenters. The average Bonchev–Trinajstić information content (AvgIpc) is 2.70. The van der Waals surface area contributed by atoms with Crippen molar-refractivity contribution in [2.75, 3.05) is 7.11 Å². The number of halogens is 1. The Morgan fingerprint density at radius 3 is 2.81 bits per heavy atom. The van der Waals surface area contributed by atoms with Crippen molar-refractivity contribution in [2.24, 2.45) is 5.92 Å². The van der Waals surface area contributed by atoms with Crippen LogP contribution in [0.15, 0.2) is 30.5 Å². The quantitative estimate of drug-likeness (QED) is 0.731. The van der Waals surface area contributed by atoms with Gasteiger partial charge in [-0.3, -0.25) is 4.79 Å². The van der Waals surface area contributed by atoms with Crippen LogP contribution in [0.2, 0.25) is 5.02 Å². The summed E-state index contributed by atoms with van der Waals surface area (Å²) in [5.74, 6) is 0.299. The Kier molecular flexibility index (Phi) is 6.47. The number of amides is 1. The summed E-state index contributed by atoms with van der Waals surface area (Å²) in [7, 11) is 1.46. The van der Waals surface area contributed by atoms with Gasteiger partial charge in [-0.1, -0.05) is 30.9 Å². The lowest BCUT2D eigenvalue weighted by Gasteiger charge is -2.27. The number of ether oxygens (including phenoxy) is 2. The van der Waals surface area contributed by atoms with Crippen molar-refractivity contribution in [1.82, 2.24) is 15.3 Å². The topological polar surface area (TPSA) is 93.6 Å². The van der Waals surface area contributed by atoms with Gasteiger partial charge in [-0.2, -0.15) is 4.98 Å². The van der Waals surface area contributed by atoms with Gasteiger partial charge in [0.2, 0.25) is 5.88 Å². The van der Waals surface area contributed by atoms with Gasteiger partial charge in [-0.25, -0.2) is 4.98 Å². The van der Waals surface area contributed by atoms with Crippen LogP contribution in [0.3, 0.4) is 0 Å². The van der Waals surface area contributed by atoms with Crippen molar-refractivity contribution in [3.63, 3.8) is 0 Å². The van der Waals surface area contributed by atoms with E-state index >= 15 is 0 Å². The smallest absolute Gasteiger partial charge is 0.319 e. The van der Waals surface area contributed by atoms with Crippen LogP contribution in [0.5, 0.6) is 17.6 Å². The fourth-order valence-corrected chi connectivity index (χ4v) is 3.33. The first-order valence-corrected chi connectivity index (χ1v) is 9.28. The number of aliphatic hydroxyl groups is 1. The Morgan fingerprint density at radius 1 is 1.30 bits per heavy atom. The average molecular weight is 392 g/mol. The van der Waals surface area contributed by atoms with Gasteiger partial charge in [0.1, 0.15) is 12.0 Å². The Hall–Kier alpha value is -2.38. The summed E-state index contributed by atoms with van der Waals surface area (Å²) in [6.07, 6.45) is 5.77. The Balaban J connectivity index is 1.71. The van der Waals surface area contributed by atoms with E-state index in [0.29, 0.717) is 5.75 Å². The Bertz CT molecular complexity index is 796. The highest BCUT2D eigenvalue weighted by atomic mass is 35.5. The van der Waals surface area contributed by atoms with Crippen molar-refractivity contribution >= 4 is 17.5 Å². The van der Waals surface area contributed by atoms with E-state index in [1.807, 2.05) is 0 Å². The molecule has 1 atom stereocenters. The number of aromatic nitrogens is 2. The molecule has 3 rings (SSSR count).